The molecule has 4 aromatic rings. The zero-order chi connectivity index (χ0) is 53.8. The van der Waals surface area contributed by atoms with Gasteiger partial charge in [-0.2, -0.15) is 0 Å². The lowest BCUT2D eigenvalue weighted by Gasteiger charge is -2.37. The average Bonchev–Trinajstić information content (AvgIpc) is 3.66. The first kappa shape index (κ1) is 55.4. The van der Waals surface area contributed by atoms with E-state index in [0.717, 1.165) is 56.9 Å². The van der Waals surface area contributed by atoms with Gasteiger partial charge in [-0.3, -0.25) is 33.7 Å². The number of nitrogens with one attached hydrogen (secondary N) is 2. The van der Waals surface area contributed by atoms with Gasteiger partial charge in [-0.15, -0.1) is 0 Å². The number of piperidine rings is 2. The number of benzene rings is 4. The van der Waals surface area contributed by atoms with Crippen LogP contribution in [-0.2, 0) is 39.9 Å². The van der Waals surface area contributed by atoms with Crippen molar-refractivity contribution in [2.45, 2.75) is 123 Å². The molecule has 0 aromatic heterocycles. The second-order valence-corrected chi connectivity index (χ2v) is 19.6. The number of rotatable bonds is 24. The Kier molecular flexibility index (Phi) is 19.0. The lowest BCUT2D eigenvalue weighted by atomic mass is 9.89. The lowest BCUT2D eigenvalue weighted by Crippen LogP contribution is -2.51. The fraction of sp³-hybridized carbons (Fsp3) is 0.441. The number of aryl methyl sites for hydroxylation is 4. The first-order valence-electron chi connectivity index (χ1n) is 26.0. The molecular formula is C59H70N4O12. The number of esters is 1. The number of nitrogens with zero attached hydrogens (tertiary/aromatic N) is 2. The van der Waals surface area contributed by atoms with E-state index >= 15 is 0 Å². The molecular weight excluding hydrogens is 957 g/mol. The maximum Gasteiger partial charge on any atom is 0.329 e. The van der Waals surface area contributed by atoms with Crippen LogP contribution in [-0.4, -0.2) is 110 Å². The molecule has 0 spiro atoms. The molecule has 3 aliphatic heterocycles. The quantitative estimate of drug-likeness (QED) is 0.0390. The van der Waals surface area contributed by atoms with Crippen molar-refractivity contribution in [1.29, 1.82) is 0 Å². The van der Waals surface area contributed by atoms with Crippen molar-refractivity contribution in [3.63, 3.8) is 0 Å². The first-order valence-corrected chi connectivity index (χ1v) is 26.0. The first-order chi connectivity index (χ1) is 36.1. The summed E-state index contributed by atoms with van der Waals surface area (Å²) in [5, 5.41) is 5.37. The van der Waals surface area contributed by atoms with Crippen molar-refractivity contribution < 1.29 is 57.2 Å². The number of hydrogen-bond acceptors (Lipinski definition) is 12. The number of ketones is 1. The van der Waals surface area contributed by atoms with Crippen LogP contribution in [0.5, 0.6) is 17.2 Å². The minimum atomic E-state index is -0.962. The third-order valence-corrected chi connectivity index (χ3v) is 14.4. The van der Waals surface area contributed by atoms with Crippen LogP contribution in [0, 0.1) is 27.7 Å². The van der Waals surface area contributed by atoms with Crippen LogP contribution in [0.15, 0.2) is 85.1 Å². The Bertz CT molecular complexity index is 2770. The number of carbonyl (C=O) groups excluding carboxylic acids is 7. The topological polar surface area (TPSA) is 196 Å². The number of ether oxygens (including phenoxy) is 5. The smallest absolute Gasteiger partial charge is 0.329 e. The number of hydrogen-bond donors (Lipinski definition) is 2. The maximum atomic E-state index is 14.3. The van der Waals surface area contributed by atoms with Gasteiger partial charge in [0.05, 0.1) is 30.8 Å². The predicted molar refractivity (Wildman–Crippen MR) is 281 cm³/mol. The molecule has 1 unspecified atom stereocenters. The van der Waals surface area contributed by atoms with Crippen LogP contribution in [0.1, 0.15) is 136 Å². The average molecular weight is 1030 g/mol. The highest BCUT2D eigenvalue weighted by Crippen LogP contribution is 2.35. The Morgan fingerprint density at radius 1 is 0.827 bits per heavy atom. The van der Waals surface area contributed by atoms with Gasteiger partial charge in [-0.05, 0) is 155 Å². The van der Waals surface area contributed by atoms with E-state index in [1.807, 2.05) is 38.1 Å². The molecule has 4 aromatic carbocycles. The summed E-state index contributed by atoms with van der Waals surface area (Å²) in [4.78, 5) is 95.8. The van der Waals surface area contributed by atoms with Gasteiger partial charge in [0, 0.05) is 31.8 Å². The summed E-state index contributed by atoms with van der Waals surface area (Å²) < 4.78 is 29.0. The normalized spacial score (nSPS) is 17.2. The Hall–Kier alpha value is -7.33. The third kappa shape index (κ3) is 13.7. The van der Waals surface area contributed by atoms with E-state index in [1.54, 1.807) is 30.2 Å². The number of likely N-dealkylation sites (tertiary alicyclic amines) is 1. The van der Waals surface area contributed by atoms with Crippen molar-refractivity contribution in [3.8, 4) is 17.2 Å². The van der Waals surface area contributed by atoms with Crippen molar-refractivity contribution in [2.75, 3.05) is 46.6 Å². The number of allylic oxidation sites excluding steroid dienone is 1. The molecule has 7 rings (SSSR count). The van der Waals surface area contributed by atoms with E-state index in [-0.39, 0.29) is 86.2 Å². The number of amides is 5. The minimum absolute atomic E-state index is 0.0275. The highest BCUT2D eigenvalue weighted by atomic mass is 16.5. The molecule has 16 nitrogen and oxygen atoms in total. The molecule has 2 saturated heterocycles. The van der Waals surface area contributed by atoms with Gasteiger partial charge in [0.25, 0.3) is 17.7 Å². The van der Waals surface area contributed by atoms with Crippen LogP contribution in [0.25, 0.3) is 0 Å². The van der Waals surface area contributed by atoms with Crippen LogP contribution < -0.4 is 24.8 Å². The Morgan fingerprint density at radius 3 is 2.29 bits per heavy atom. The van der Waals surface area contributed by atoms with E-state index in [2.05, 4.69) is 56.2 Å². The summed E-state index contributed by atoms with van der Waals surface area (Å²) >= 11 is 0. The molecule has 2 fully saturated rings. The molecule has 0 aliphatic carbocycles. The van der Waals surface area contributed by atoms with E-state index in [0.29, 0.717) is 56.5 Å². The Balaban J connectivity index is 0.860. The Morgan fingerprint density at radius 2 is 1.59 bits per heavy atom. The molecule has 4 atom stereocenters. The summed E-state index contributed by atoms with van der Waals surface area (Å²) in [6.45, 7) is 14.6. The Labute approximate surface area is 439 Å². The van der Waals surface area contributed by atoms with E-state index in [4.69, 9.17) is 23.7 Å². The largest absolute Gasteiger partial charge is 0.496 e. The van der Waals surface area contributed by atoms with Crippen molar-refractivity contribution in [3.05, 3.63) is 135 Å². The molecule has 3 heterocycles. The molecule has 16 heteroatoms. The van der Waals surface area contributed by atoms with Gasteiger partial charge in [0.1, 0.15) is 42.0 Å². The van der Waals surface area contributed by atoms with Crippen LogP contribution in [0.2, 0.25) is 0 Å². The monoisotopic (exact) mass is 1030 g/mol. The van der Waals surface area contributed by atoms with E-state index in [1.165, 1.54) is 17.7 Å². The minimum Gasteiger partial charge on any atom is -0.496 e. The molecule has 2 N–H and O–H groups in total. The van der Waals surface area contributed by atoms with Crippen molar-refractivity contribution >= 4 is 41.3 Å². The van der Waals surface area contributed by atoms with Gasteiger partial charge >= 0.3 is 5.97 Å². The predicted octanol–water partition coefficient (Wildman–Crippen LogP) is 8.05. The van der Waals surface area contributed by atoms with Crippen LogP contribution in [0.3, 0.4) is 0 Å². The van der Waals surface area contributed by atoms with Gasteiger partial charge < -0.3 is 39.2 Å². The third-order valence-electron chi connectivity index (χ3n) is 14.4. The number of methoxy groups -OCH3 is 1. The fourth-order valence-corrected chi connectivity index (χ4v) is 10.00. The standard InChI is InChI=1S/C59H70N4O12/c1-8-46(43-32-36(2)40(6)37(3)33-43)56(67)62-28-10-9-15-49(62)59(70)75-51(26-19-41-18-25-50(71-7)38(4)31-41)42-20-22-45(23-21-42)73-35-53(65)60-27-30-72-29-12-13-44(64)34-74-52-16-11-14-47-54(52)58(69)63(57(47)68)48-24-17-39(5)61-55(48)66/h11,14,16,18,20-23,25,31-33,46,48-49,51H,5,8-10,12-13,15,17,19,24,26-30,34-35H2,1-4,6-7H3,(H,60,65)(H,61,66)/t46-,48?,49-,51+/m0/s1. The second kappa shape index (κ2) is 25.7. The van der Waals surface area contributed by atoms with Crippen LogP contribution in [0.4, 0.5) is 0 Å². The van der Waals surface area contributed by atoms with Gasteiger partial charge in [0.2, 0.25) is 11.8 Å². The molecule has 3 aliphatic rings. The summed E-state index contributed by atoms with van der Waals surface area (Å²) in [5.74, 6) is -1.82. The van der Waals surface area contributed by atoms with Crippen molar-refractivity contribution in [1.82, 2.24) is 20.4 Å². The summed E-state index contributed by atoms with van der Waals surface area (Å²) in [5.41, 5.74) is 7.93. The zero-order valence-corrected chi connectivity index (χ0v) is 44.1. The molecule has 5 amide bonds. The maximum absolute atomic E-state index is 14.3. The highest BCUT2D eigenvalue weighted by molar-refractivity contribution is 6.24. The van der Waals surface area contributed by atoms with E-state index < -0.39 is 41.9 Å². The second-order valence-electron chi connectivity index (χ2n) is 19.6. The highest BCUT2D eigenvalue weighted by Gasteiger charge is 2.45. The van der Waals surface area contributed by atoms with Gasteiger partial charge in [0.15, 0.2) is 12.4 Å². The molecule has 0 bridgehead atoms. The molecule has 0 saturated carbocycles. The number of imide groups is 1. The SMILES string of the molecule is C=C1CCC(N2C(=O)c3cccc(OCC(=O)CCCOCCNC(=O)COc4ccc([C@@H](CCc5ccc(OC)c(C)c5)OC(=O)[C@@H]5CCCCN5C(=O)[C@@H](CC)c5cc(C)c(C)c(C)c5)cc4)c3C2=O)C(=O)N1. The van der Waals surface area contributed by atoms with Crippen LogP contribution >= 0.6 is 0 Å². The zero-order valence-electron chi connectivity index (χ0n) is 44.1. The fourth-order valence-electron chi connectivity index (χ4n) is 10.00. The van der Waals surface area contributed by atoms with Crippen molar-refractivity contribution in [2.24, 2.45) is 0 Å². The molecule has 75 heavy (non-hydrogen) atoms. The number of Topliss-reactive ketones (excluding diaryl/α,β-unsaturated/α-hetero) is 1. The molecule has 398 valence electrons. The lowest BCUT2D eigenvalue weighted by molar-refractivity contribution is -0.162. The number of fused-ring (bicyclic) bond motifs is 1. The van der Waals surface area contributed by atoms with Gasteiger partial charge in [-0.25, -0.2) is 4.79 Å². The summed E-state index contributed by atoms with van der Waals surface area (Å²) in [6, 6.07) is 20.2. The number of carbonyl (C=O) groups is 7. The van der Waals surface area contributed by atoms with E-state index in [9.17, 15) is 33.6 Å². The summed E-state index contributed by atoms with van der Waals surface area (Å²) in [6.07, 6.45) is 4.45. The van der Waals surface area contributed by atoms with Gasteiger partial charge in [-0.1, -0.05) is 56.0 Å². The summed E-state index contributed by atoms with van der Waals surface area (Å²) in [7, 11) is 1.64. The molecule has 0 radical (unpaired) electrons.